The number of thioether (sulfide) groups is 1. The maximum Gasteiger partial charge on any atom is 0.294 e. The second kappa shape index (κ2) is 14.1. The lowest BCUT2D eigenvalue weighted by atomic mass is 10.1. The van der Waals surface area contributed by atoms with E-state index in [0.29, 0.717) is 42.6 Å². The molecule has 0 radical (unpaired) electrons. The minimum Gasteiger partial charge on any atom is -0.490 e. The van der Waals surface area contributed by atoms with Gasteiger partial charge in [-0.1, -0.05) is 6.07 Å². The third-order valence-electron chi connectivity index (χ3n) is 6.81. The molecule has 3 aromatic carbocycles. The van der Waals surface area contributed by atoms with Crippen molar-refractivity contribution in [3.05, 3.63) is 92.9 Å². The van der Waals surface area contributed by atoms with Crippen LogP contribution in [-0.4, -0.2) is 66.3 Å². The Morgan fingerprint density at radius 3 is 2.43 bits per heavy atom. The standard InChI is InChI=1S/C31H30N4O8S/c1-2-42-27-17-22(5-12-26(27)43-20-21-3-8-25(9-4-21)35(39)40)18-28-30(37)34(31(38)44-28)19-29(36)32-23-6-10-24(11-7-23)33-13-15-41-16-14-33/h3-12,17-18H,2,13-16,19-20H2,1H3,(H,32,36)/b28-18+. The average Bonchev–Trinajstić information content (AvgIpc) is 3.29. The van der Waals surface area contributed by atoms with Crippen molar-refractivity contribution in [3.8, 4) is 11.5 Å². The second-order valence-corrected chi connectivity index (χ2v) is 10.8. The Kier molecular flexibility index (Phi) is 9.77. The van der Waals surface area contributed by atoms with Crippen molar-refractivity contribution in [2.24, 2.45) is 0 Å². The number of benzene rings is 3. The third kappa shape index (κ3) is 7.54. The molecular weight excluding hydrogens is 588 g/mol. The summed E-state index contributed by atoms with van der Waals surface area (Å²) in [6, 6.07) is 18.5. The molecule has 2 heterocycles. The predicted molar refractivity (Wildman–Crippen MR) is 166 cm³/mol. The Morgan fingerprint density at radius 1 is 1.02 bits per heavy atom. The molecule has 0 atom stereocenters. The fraction of sp³-hybridized carbons (Fsp3) is 0.258. The van der Waals surface area contributed by atoms with Crippen LogP contribution in [0, 0.1) is 10.1 Å². The molecule has 1 N–H and O–H groups in total. The summed E-state index contributed by atoms with van der Waals surface area (Å²) in [5.41, 5.74) is 2.93. The van der Waals surface area contributed by atoms with Gasteiger partial charge in [-0.3, -0.25) is 29.4 Å². The number of carbonyl (C=O) groups is 3. The topological polar surface area (TPSA) is 141 Å². The number of nitrogens with zero attached hydrogens (tertiary/aromatic N) is 3. The molecule has 44 heavy (non-hydrogen) atoms. The smallest absolute Gasteiger partial charge is 0.294 e. The van der Waals surface area contributed by atoms with Crippen molar-refractivity contribution >= 4 is 52.0 Å². The molecule has 5 rings (SSSR count). The van der Waals surface area contributed by atoms with E-state index in [0.717, 1.165) is 41.0 Å². The summed E-state index contributed by atoms with van der Waals surface area (Å²) in [5.74, 6) is -0.165. The highest BCUT2D eigenvalue weighted by atomic mass is 32.2. The van der Waals surface area contributed by atoms with Gasteiger partial charge in [0, 0.05) is 36.6 Å². The number of hydrogen-bond acceptors (Lipinski definition) is 10. The van der Waals surface area contributed by atoms with Crippen LogP contribution in [0.4, 0.5) is 21.9 Å². The molecule has 0 aromatic heterocycles. The van der Waals surface area contributed by atoms with Crippen molar-refractivity contribution < 1.29 is 33.5 Å². The quantitative estimate of drug-likeness (QED) is 0.176. The number of nitro groups is 1. The molecular formula is C31H30N4O8S. The second-order valence-electron chi connectivity index (χ2n) is 9.81. The molecule has 0 bridgehead atoms. The summed E-state index contributed by atoms with van der Waals surface area (Å²) in [4.78, 5) is 52.1. The maximum absolute atomic E-state index is 13.1. The molecule has 0 saturated carbocycles. The zero-order valence-corrected chi connectivity index (χ0v) is 24.7. The molecule has 0 aliphatic carbocycles. The molecule has 3 aromatic rings. The number of carbonyl (C=O) groups excluding carboxylic acids is 3. The van der Waals surface area contributed by atoms with E-state index in [-0.39, 0.29) is 17.2 Å². The first-order valence-electron chi connectivity index (χ1n) is 13.9. The number of amides is 3. The number of morpholine rings is 1. The van der Waals surface area contributed by atoms with Crippen LogP contribution in [0.3, 0.4) is 0 Å². The lowest BCUT2D eigenvalue weighted by Gasteiger charge is -2.28. The number of non-ortho nitro benzene ring substituents is 1. The molecule has 0 unspecified atom stereocenters. The van der Waals surface area contributed by atoms with Crippen LogP contribution in [0.15, 0.2) is 71.6 Å². The van der Waals surface area contributed by atoms with E-state index in [9.17, 15) is 24.5 Å². The van der Waals surface area contributed by atoms with Crippen molar-refractivity contribution in [2.45, 2.75) is 13.5 Å². The van der Waals surface area contributed by atoms with Crippen LogP contribution in [-0.2, 0) is 20.9 Å². The fourth-order valence-electron chi connectivity index (χ4n) is 4.59. The lowest BCUT2D eigenvalue weighted by molar-refractivity contribution is -0.384. The van der Waals surface area contributed by atoms with Gasteiger partial charge in [0.2, 0.25) is 5.91 Å². The predicted octanol–water partition coefficient (Wildman–Crippen LogP) is 5.08. The number of imide groups is 1. The highest BCUT2D eigenvalue weighted by molar-refractivity contribution is 8.18. The van der Waals surface area contributed by atoms with Gasteiger partial charge in [-0.15, -0.1) is 0 Å². The molecule has 2 aliphatic rings. The van der Waals surface area contributed by atoms with Gasteiger partial charge in [0.15, 0.2) is 11.5 Å². The van der Waals surface area contributed by atoms with Gasteiger partial charge < -0.3 is 24.4 Å². The van der Waals surface area contributed by atoms with Gasteiger partial charge >= 0.3 is 0 Å². The number of hydrogen-bond donors (Lipinski definition) is 1. The van der Waals surface area contributed by atoms with E-state index in [1.807, 2.05) is 19.1 Å². The Morgan fingerprint density at radius 2 is 1.75 bits per heavy atom. The van der Waals surface area contributed by atoms with E-state index in [1.54, 1.807) is 48.5 Å². The maximum atomic E-state index is 13.1. The Balaban J connectivity index is 1.20. The normalized spacial score (nSPS) is 15.9. The molecule has 228 valence electrons. The van der Waals surface area contributed by atoms with Gasteiger partial charge in [-0.2, -0.15) is 0 Å². The Bertz CT molecular complexity index is 1570. The van der Waals surface area contributed by atoms with Crippen LogP contribution in [0.25, 0.3) is 6.08 Å². The van der Waals surface area contributed by atoms with Crippen LogP contribution in [0.1, 0.15) is 18.1 Å². The van der Waals surface area contributed by atoms with Crippen LogP contribution >= 0.6 is 11.8 Å². The highest BCUT2D eigenvalue weighted by Crippen LogP contribution is 2.35. The summed E-state index contributed by atoms with van der Waals surface area (Å²) in [5, 5.41) is 13.1. The molecule has 13 heteroatoms. The number of nitrogens with one attached hydrogen (secondary N) is 1. The number of nitro benzene ring substituents is 1. The first-order chi connectivity index (χ1) is 21.3. The summed E-state index contributed by atoms with van der Waals surface area (Å²) < 4.78 is 17.0. The first kappa shape index (κ1) is 30.6. The molecule has 12 nitrogen and oxygen atoms in total. The lowest BCUT2D eigenvalue weighted by Crippen LogP contribution is -2.36. The number of ether oxygens (including phenoxy) is 3. The van der Waals surface area contributed by atoms with Crippen molar-refractivity contribution in [1.82, 2.24) is 4.90 Å². The van der Waals surface area contributed by atoms with Crippen molar-refractivity contribution in [2.75, 3.05) is 49.7 Å². The summed E-state index contributed by atoms with van der Waals surface area (Å²) in [6.45, 7) is 4.87. The fourth-order valence-corrected chi connectivity index (χ4v) is 5.42. The summed E-state index contributed by atoms with van der Waals surface area (Å²) >= 11 is 0.760. The van der Waals surface area contributed by atoms with E-state index >= 15 is 0 Å². The van der Waals surface area contributed by atoms with E-state index in [1.165, 1.54) is 12.1 Å². The first-order valence-corrected chi connectivity index (χ1v) is 14.7. The zero-order chi connectivity index (χ0) is 31.1. The van der Waals surface area contributed by atoms with Crippen LogP contribution in [0.2, 0.25) is 0 Å². The minimum atomic E-state index is -0.561. The average molecular weight is 619 g/mol. The Labute approximate surface area is 257 Å². The minimum absolute atomic E-state index is 0.00689. The molecule has 2 fully saturated rings. The molecule has 0 spiro atoms. The summed E-state index contributed by atoms with van der Waals surface area (Å²) in [6.07, 6.45) is 1.57. The van der Waals surface area contributed by atoms with Gasteiger partial charge in [0.05, 0.1) is 29.6 Å². The number of anilines is 2. The third-order valence-corrected chi connectivity index (χ3v) is 7.72. The molecule has 3 amide bonds. The molecule has 2 aliphatic heterocycles. The largest absolute Gasteiger partial charge is 0.490 e. The number of rotatable bonds is 11. The van der Waals surface area contributed by atoms with Gasteiger partial charge in [-0.05, 0) is 84.4 Å². The van der Waals surface area contributed by atoms with Gasteiger partial charge in [0.1, 0.15) is 13.2 Å². The van der Waals surface area contributed by atoms with Crippen molar-refractivity contribution in [1.29, 1.82) is 0 Å². The van der Waals surface area contributed by atoms with Crippen molar-refractivity contribution in [3.63, 3.8) is 0 Å². The zero-order valence-electron chi connectivity index (χ0n) is 23.9. The van der Waals surface area contributed by atoms with E-state index in [2.05, 4.69) is 10.2 Å². The van der Waals surface area contributed by atoms with Gasteiger partial charge in [-0.25, -0.2) is 0 Å². The highest BCUT2D eigenvalue weighted by Gasteiger charge is 2.36. The monoisotopic (exact) mass is 618 g/mol. The Hall–Kier alpha value is -4.88. The molecule has 2 saturated heterocycles. The van der Waals surface area contributed by atoms with E-state index in [4.69, 9.17) is 14.2 Å². The van der Waals surface area contributed by atoms with E-state index < -0.39 is 28.5 Å². The summed E-state index contributed by atoms with van der Waals surface area (Å²) in [7, 11) is 0. The van der Waals surface area contributed by atoms with Crippen LogP contribution in [0.5, 0.6) is 11.5 Å². The SMILES string of the molecule is CCOc1cc(/C=C2/SC(=O)N(CC(=O)Nc3ccc(N4CCOCC4)cc3)C2=O)ccc1OCc1ccc([N+](=O)[O-])cc1. The van der Waals surface area contributed by atoms with Gasteiger partial charge in [0.25, 0.3) is 16.8 Å². The van der Waals surface area contributed by atoms with Crippen LogP contribution < -0.4 is 19.7 Å².